The summed E-state index contributed by atoms with van der Waals surface area (Å²) in [6.07, 6.45) is 5.68. The first-order chi connectivity index (χ1) is 20.5. The number of aromatic amines is 1. The number of para-hydroxylation sites is 2. The Balaban J connectivity index is 1.64. The van der Waals surface area contributed by atoms with Gasteiger partial charge in [-0.25, -0.2) is 4.98 Å². The van der Waals surface area contributed by atoms with E-state index in [1.807, 2.05) is 54.7 Å². The Bertz CT molecular complexity index is 1540. The minimum Gasteiger partial charge on any atom is -0.480 e. The van der Waals surface area contributed by atoms with Gasteiger partial charge in [0.15, 0.2) is 6.10 Å². The van der Waals surface area contributed by atoms with Gasteiger partial charge in [0, 0.05) is 28.6 Å². The largest absolute Gasteiger partial charge is 0.480 e. The standard InChI is InChI=1S/C37H48N4O2/c1-8-11-20-33(43-32-22-21-25(36(4,5)9-2)23-28(32)37(6,7)10-3)35(42)41-30-19-15-13-17-27(30)31-24-39-34(40-31)26-16-12-14-18-29(26)38/h12-19,21-24,33H,8-11,20,38H2,1-7H3,(H,39,40)(H,41,42). The highest BCUT2D eigenvalue weighted by Crippen LogP contribution is 2.39. The third kappa shape index (κ3) is 7.30. The van der Waals surface area contributed by atoms with Gasteiger partial charge in [-0.15, -0.1) is 0 Å². The topological polar surface area (TPSA) is 93.0 Å². The molecule has 0 spiro atoms. The number of aromatic nitrogens is 2. The number of anilines is 2. The van der Waals surface area contributed by atoms with Crippen LogP contribution < -0.4 is 15.8 Å². The van der Waals surface area contributed by atoms with E-state index in [0.29, 0.717) is 23.6 Å². The highest BCUT2D eigenvalue weighted by molar-refractivity contribution is 5.98. The van der Waals surface area contributed by atoms with Crippen LogP contribution in [0, 0.1) is 0 Å². The molecule has 0 fully saturated rings. The molecule has 6 nitrogen and oxygen atoms in total. The second-order valence-electron chi connectivity index (χ2n) is 12.7. The molecule has 1 heterocycles. The van der Waals surface area contributed by atoms with Gasteiger partial charge in [0.25, 0.3) is 5.91 Å². The minimum absolute atomic E-state index is 0.0537. The van der Waals surface area contributed by atoms with E-state index in [2.05, 4.69) is 77.0 Å². The predicted molar refractivity (Wildman–Crippen MR) is 180 cm³/mol. The Morgan fingerprint density at radius 1 is 0.930 bits per heavy atom. The van der Waals surface area contributed by atoms with E-state index in [9.17, 15) is 4.79 Å². The zero-order valence-corrected chi connectivity index (χ0v) is 26.9. The van der Waals surface area contributed by atoms with Crippen molar-refractivity contribution in [2.24, 2.45) is 0 Å². The number of hydrogen-bond donors (Lipinski definition) is 3. The number of ether oxygens (including phenoxy) is 1. The fraction of sp³-hybridized carbons (Fsp3) is 0.405. The maximum absolute atomic E-state index is 13.9. The summed E-state index contributed by atoms with van der Waals surface area (Å²) in [4.78, 5) is 21.9. The maximum Gasteiger partial charge on any atom is 0.265 e. The lowest BCUT2D eigenvalue weighted by Crippen LogP contribution is -2.34. The van der Waals surface area contributed by atoms with Crippen LogP contribution in [0.5, 0.6) is 5.75 Å². The molecule has 0 radical (unpaired) electrons. The average molecular weight is 581 g/mol. The van der Waals surface area contributed by atoms with Crippen molar-refractivity contribution >= 4 is 17.3 Å². The number of carbonyl (C=O) groups is 1. The highest BCUT2D eigenvalue weighted by atomic mass is 16.5. The van der Waals surface area contributed by atoms with Crippen molar-refractivity contribution in [3.8, 4) is 28.4 Å². The van der Waals surface area contributed by atoms with Crippen LogP contribution in [0.4, 0.5) is 11.4 Å². The highest BCUT2D eigenvalue weighted by Gasteiger charge is 2.29. The van der Waals surface area contributed by atoms with Crippen molar-refractivity contribution in [2.45, 2.75) is 97.5 Å². The average Bonchev–Trinajstić information content (AvgIpc) is 3.49. The van der Waals surface area contributed by atoms with Gasteiger partial charge in [0.1, 0.15) is 11.6 Å². The number of rotatable bonds is 13. The lowest BCUT2D eigenvalue weighted by molar-refractivity contribution is -0.123. The van der Waals surface area contributed by atoms with Crippen molar-refractivity contribution in [3.63, 3.8) is 0 Å². The van der Waals surface area contributed by atoms with E-state index < -0.39 is 6.10 Å². The normalized spacial score (nSPS) is 12.6. The van der Waals surface area contributed by atoms with E-state index in [0.717, 1.165) is 53.8 Å². The van der Waals surface area contributed by atoms with Crippen molar-refractivity contribution in [1.29, 1.82) is 0 Å². The van der Waals surface area contributed by atoms with E-state index in [-0.39, 0.29) is 16.7 Å². The van der Waals surface area contributed by atoms with Gasteiger partial charge in [-0.3, -0.25) is 4.79 Å². The molecule has 1 unspecified atom stereocenters. The monoisotopic (exact) mass is 580 g/mol. The minimum atomic E-state index is -0.636. The Morgan fingerprint density at radius 3 is 2.28 bits per heavy atom. The summed E-state index contributed by atoms with van der Waals surface area (Å²) in [6, 6.07) is 21.9. The summed E-state index contributed by atoms with van der Waals surface area (Å²) in [6.45, 7) is 15.6. The van der Waals surface area contributed by atoms with Crippen molar-refractivity contribution in [2.75, 3.05) is 11.1 Å². The van der Waals surface area contributed by atoms with Crippen LogP contribution in [-0.2, 0) is 15.6 Å². The number of nitrogen functional groups attached to an aromatic ring is 1. The molecule has 4 rings (SSSR count). The fourth-order valence-corrected chi connectivity index (χ4v) is 5.10. The molecule has 0 bridgehead atoms. The number of nitrogens with zero attached hydrogens (tertiary/aromatic N) is 1. The van der Waals surface area contributed by atoms with Crippen LogP contribution >= 0.6 is 0 Å². The maximum atomic E-state index is 13.9. The van der Waals surface area contributed by atoms with Crippen LogP contribution in [0.2, 0.25) is 0 Å². The number of amides is 1. The molecule has 4 N–H and O–H groups in total. The van der Waals surface area contributed by atoms with Crippen LogP contribution in [0.25, 0.3) is 22.6 Å². The van der Waals surface area contributed by atoms with E-state index in [1.54, 1.807) is 0 Å². The van der Waals surface area contributed by atoms with Gasteiger partial charge in [-0.1, -0.05) is 97.4 Å². The van der Waals surface area contributed by atoms with E-state index >= 15 is 0 Å². The second kappa shape index (κ2) is 13.5. The summed E-state index contributed by atoms with van der Waals surface area (Å²) in [5, 5.41) is 3.17. The Hall–Kier alpha value is -4.06. The molecular formula is C37H48N4O2. The molecule has 228 valence electrons. The molecule has 3 aromatic carbocycles. The number of carbonyl (C=O) groups excluding carboxylic acids is 1. The van der Waals surface area contributed by atoms with E-state index in [4.69, 9.17) is 15.5 Å². The Morgan fingerprint density at radius 2 is 1.60 bits per heavy atom. The first kappa shape index (κ1) is 31.9. The molecule has 0 aliphatic heterocycles. The number of H-pyrrole nitrogens is 1. The smallest absolute Gasteiger partial charge is 0.265 e. The predicted octanol–water partition coefficient (Wildman–Crippen LogP) is 9.28. The molecule has 0 aliphatic rings. The third-order valence-corrected chi connectivity index (χ3v) is 8.89. The fourth-order valence-electron chi connectivity index (χ4n) is 5.10. The molecule has 0 saturated heterocycles. The number of nitrogens with two attached hydrogens (primary N) is 1. The van der Waals surface area contributed by atoms with Gasteiger partial charge >= 0.3 is 0 Å². The number of imidazole rings is 1. The molecule has 6 heteroatoms. The molecule has 1 amide bonds. The lowest BCUT2D eigenvalue weighted by atomic mass is 9.76. The number of benzene rings is 3. The zero-order valence-electron chi connectivity index (χ0n) is 26.9. The number of nitrogens with one attached hydrogen (secondary N) is 2. The van der Waals surface area contributed by atoms with Gasteiger partial charge < -0.3 is 20.8 Å². The summed E-state index contributed by atoms with van der Waals surface area (Å²) < 4.78 is 6.64. The second-order valence-corrected chi connectivity index (χ2v) is 12.7. The lowest BCUT2D eigenvalue weighted by Gasteiger charge is -2.31. The summed E-state index contributed by atoms with van der Waals surface area (Å²) in [5.41, 5.74) is 12.3. The third-order valence-electron chi connectivity index (χ3n) is 8.89. The van der Waals surface area contributed by atoms with Crippen molar-refractivity contribution in [3.05, 3.63) is 84.1 Å². The van der Waals surface area contributed by atoms with E-state index in [1.165, 1.54) is 5.56 Å². The van der Waals surface area contributed by atoms with Crippen molar-refractivity contribution in [1.82, 2.24) is 9.97 Å². The first-order valence-electron chi connectivity index (χ1n) is 15.6. The number of unbranched alkanes of at least 4 members (excludes halogenated alkanes) is 1. The molecule has 1 aromatic heterocycles. The van der Waals surface area contributed by atoms with Crippen molar-refractivity contribution < 1.29 is 9.53 Å². The summed E-state index contributed by atoms with van der Waals surface area (Å²) >= 11 is 0. The van der Waals surface area contributed by atoms with Crippen LogP contribution in [-0.4, -0.2) is 22.0 Å². The quantitative estimate of drug-likeness (QED) is 0.137. The Labute approximate surface area is 257 Å². The number of hydrogen-bond acceptors (Lipinski definition) is 4. The Kier molecular flexibility index (Phi) is 10.0. The van der Waals surface area contributed by atoms with Gasteiger partial charge in [0.2, 0.25) is 0 Å². The SMILES string of the molecule is CCCCC(Oc1ccc(C(C)(C)CC)cc1C(C)(C)CC)C(=O)Nc1ccccc1-c1c[nH]c(-c2ccccc2N)n1. The molecule has 4 aromatic rings. The summed E-state index contributed by atoms with van der Waals surface area (Å²) in [7, 11) is 0. The van der Waals surface area contributed by atoms with Gasteiger partial charge in [-0.2, -0.15) is 0 Å². The van der Waals surface area contributed by atoms with Gasteiger partial charge in [-0.05, 0) is 66.3 Å². The molecule has 0 aliphatic carbocycles. The molecule has 1 atom stereocenters. The first-order valence-corrected chi connectivity index (χ1v) is 15.6. The zero-order chi connectivity index (χ0) is 31.2. The molecule has 43 heavy (non-hydrogen) atoms. The molecular weight excluding hydrogens is 532 g/mol. The van der Waals surface area contributed by atoms with Crippen LogP contribution in [0.3, 0.4) is 0 Å². The van der Waals surface area contributed by atoms with Gasteiger partial charge in [0.05, 0.1) is 11.4 Å². The van der Waals surface area contributed by atoms with Crippen LogP contribution in [0.1, 0.15) is 91.7 Å². The summed E-state index contributed by atoms with van der Waals surface area (Å²) in [5.74, 6) is 1.30. The molecule has 0 saturated carbocycles. The van der Waals surface area contributed by atoms with Crippen LogP contribution in [0.15, 0.2) is 72.9 Å².